The van der Waals surface area contributed by atoms with Crippen LogP contribution < -0.4 is 5.32 Å². The molecule has 40 heavy (non-hydrogen) atoms. The minimum absolute atomic E-state index is 0.0179. The molecule has 0 spiro atoms. The summed E-state index contributed by atoms with van der Waals surface area (Å²) in [5.41, 5.74) is 2.40. The summed E-state index contributed by atoms with van der Waals surface area (Å²) in [5.74, 6) is -1.05. The number of rotatable bonds is 8. The van der Waals surface area contributed by atoms with Crippen LogP contribution in [0.1, 0.15) is 79.7 Å². The lowest BCUT2D eigenvalue weighted by Crippen LogP contribution is -2.43. The summed E-state index contributed by atoms with van der Waals surface area (Å²) >= 11 is 0. The van der Waals surface area contributed by atoms with Gasteiger partial charge in [0.25, 0.3) is 5.91 Å². The number of aliphatic hydroxyl groups excluding tert-OH is 1. The number of furan rings is 1. The second kappa shape index (κ2) is 11.2. The molecule has 7 nitrogen and oxygen atoms in total. The van der Waals surface area contributed by atoms with Crippen LogP contribution in [0.15, 0.2) is 77.6 Å². The van der Waals surface area contributed by atoms with Crippen LogP contribution in [0.25, 0.3) is 0 Å². The minimum atomic E-state index is -1.63. The van der Waals surface area contributed by atoms with Crippen molar-refractivity contribution in [2.24, 2.45) is 17.3 Å². The zero-order valence-corrected chi connectivity index (χ0v) is 23.6. The number of esters is 1. The molecule has 3 aromatic rings. The van der Waals surface area contributed by atoms with Gasteiger partial charge in [-0.25, -0.2) is 4.79 Å². The monoisotopic (exact) mass is 545 g/mol. The molecule has 1 fully saturated rings. The normalized spacial score (nSPS) is 26.6. The first-order chi connectivity index (χ1) is 19.1. The Morgan fingerprint density at radius 1 is 1.02 bits per heavy atom. The molecule has 1 saturated carbocycles. The van der Waals surface area contributed by atoms with Crippen molar-refractivity contribution >= 4 is 11.9 Å². The Balaban J connectivity index is 1.45. The van der Waals surface area contributed by atoms with Gasteiger partial charge in [-0.05, 0) is 55.7 Å². The molecular formula is C33H39NO6. The molecule has 2 N–H and O–H groups in total. The van der Waals surface area contributed by atoms with Crippen molar-refractivity contribution in [2.75, 3.05) is 6.61 Å². The molecule has 0 unspecified atom stereocenters. The maximum atomic E-state index is 13.7. The van der Waals surface area contributed by atoms with E-state index in [1.165, 1.54) is 0 Å². The van der Waals surface area contributed by atoms with E-state index in [2.05, 4.69) is 26.1 Å². The standard InChI is InChI=1S/C33H39NO6/c1-5-39-33(4)16-23-19-38-20-25(23)29(24-17-32(2,3)18-26(24)33)40-31(37)28(35)27(21-12-8-6-9-13-21)34-30(36)22-14-10-7-11-15-22/h6-15,19-20,24,26-29,35H,5,16-18H2,1-4H3,(H,34,36)/t24-,26+,27+,28-,29+,33+/m1/s1. The van der Waals surface area contributed by atoms with E-state index >= 15 is 0 Å². The molecule has 212 valence electrons. The molecule has 7 heteroatoms. The molecule has 0 bridgehead atoms. The van der Waals surface area contributed by atoms with Gasteiger partial charge in [0.05, 0.1) is 24.2 Å². The second-order valence-corrected chi connectivity index (χ2v) is 12.1. The molecule has 2 aromatic carbocycles. The van der Waals surface area contributed by atoms with E-state index in [4.69, 9.17) is 13.9 Å². The van der Waals surface area contributed by atoms with Gasteiger partial charge >= 0.3 is 5.97 Å². The first kappa shape index (κ1) is 28.1. The van der Waals surface area contributed by atoms with Gasteiger partial charge in [-0.15, -0.1) is 0 Å². The molecule has 1 amide bonds. The van der Waals surface area contributed by atoms with Crippen LogP contribution >= 0.6 is 0 Å². The number of hydrogen-bond acceptors (Lipinski definition) is 6. The molecule has 5 rings (SSSR count). The van der Waals surface area contributed by atoms with Gasteiger partial charge < -0.3 is 24.3 Å². The largest absolute Gasteiger partial charge is 0.472 e. The SMILES string of the molecule is CCO[C@@]1(C)Cc2cocc2[C@@H](OC(=O)[C@H](O)[C@@H](NC(=O)c2ccccc2)c2ccccc2)[C@@H]2CC(C)(C)C[C@@H]21. The van der Waals surface area contributed by atoms with Gasteiger partial charge in [-0.2, -0.15) is 0 Å². The molecule has 0 aliphatic heterocycles. The predicted octanol–water partition coefficient (Wildman–Crippen LogP) is 5.80. The molecule has 0 radical (unpaired) electrons. The number of nitrogens with one attached hydrogen (secondary N) is 1. The number of amides is 1. The topological polar surface area (TPSA) is 98.0 Å². The van der Waals surface area contributed by atoms with Crippen LogP contribution in [0.5, 0.6) is 0 Å². The third-order valence-electron chi connectivity index (χ3n) is 8.63. The van der Waals surface area contributed by atoms with Crippen LogP contribution in [0.2, 0.25) is 0 Å². The predicted molar refractivity (Wildman–Crippen MR) is 150 cm³/mol. The summed E-state index contributed by atoms with van der Waals surface area (Å²) < 4.78 is 18.2. The fraction of sp³-hybridized carbons (Fsp3) is 0.455. The van der Waals surface area contributed by atoms with Crippen LogP contribution in [-0.4, -0.2) is 35.3 Å². The highest BCUT2D eigenvalue weighted by molar-refractivity contribution is 5.94. The van der Waals surface area contributed by atoms with Gasteiger partial charge in [-0.1, -0.05) is 62.4 Å². The van der Waals surface area contributed by atoms with Crippen molar-refractivity contribution in [3.05, 3.63) is 95.4 Å². The zero-order chi connectivity index (χ0) is 28.5. The van der Waals surface area contributed by atoms with Crippen molar-refractivity contribution in [3.63, 3.8) is 0 Å². The fourth-order valence-electron chi connectivity index (χ4n) is 6.85. The average molecular weight is 546 g/mol. The number of ether oxygens (including phenoxy) is 2. The highest BCUT2D eigenvalue weighted by Gasteiger charge is 2.55. The van der Waals surface area contributed by atoms with E-state index in [0.717, 1.165) is 24.0 Å². The van der Waals surface area contributed by atoms with Gasteiger partial charge in [0.15, 0.2) is 6.10 Å². The summed E-state index contributed by atoms with van der Waals surface area (Å²) in [6, 6.07) is 16.7. The molecule has 6 atom stereocenters. The molecule has 0 saturated heterocycles. The molecular weight excluding hydrogens is 506 g/mol. The average Bonchev–Trinajstić information content (AvgIpc) is 3.52. The van der Waals surface area contributed by atoms with Crippen molar-refractivity contribution in [2.45, 2.75) is 70.8 Å². The highest BCUT2D eigenvalue weighted by atomic mass is 16.6. The Hall–Kier alpha value is -3.42. The number of carbonyl (C=O) groups excluding carboxylic acids is 2. The highest BCUT2D eigenvalue weighted by Crippen LogP contribution is 2.58. The number of benzene rings is 2. The summed E-state index contributed by atoms with van der Waals surface area (Å²) in [7, 11) is 0. The smallest absolute Gasteiger partial charge is 0.338 e. The third-order valence-corrected chi connectivity index (χ3v) is 8.63. The van der Waals surface area contributed by atoms with Crippen LogP contribution in [0.4, 0.5) is 0 Å². The maximum absolute atomic E-state index is 13.7. The van der Waals surface area contributed by atoms with Crippen molar-refractivity contribution in [1.82, 2.24) is 5.32 Å². The molecule has 1 aromatic heterocycles. The summed E-state index contributed by atoms with van der Waals surface area (Å²) in [6.07, 6.45) is 3.57. The van der Waals surface area contributed by atoms with Crippen molar-refractivity contribution in [1.29, 1.82) is 0 Å². The summed E-state index contributed by atoms with van der Waals surface area (Å²) in [6.45, 7) is 9.21. The van der Waals surface area contributed by atoms with Crippen molar-refractivity contribution < 1.29 is 28.6 Å². The Bertz CT molecular complexity index is 1320. The second-order valence-electron chi connectivity index (χ2n) is 12.1. The third kappa shape index (κ3) is 5.58. The van der Waals surface area contributed by atoms with E-state index in [9.17, 15) is 14.7 Å². The van der Waals surface area contributed by atoms with E-state index in [1.54, 1.807) is 61.1 Å². The van der Waals surface area contributed by atoms with Crippen molar-refractivity contribution in [3.8, 4) is 0 Å². The number of aliphatic hydroxyl groups is 1. The summed E-state index contributed by atoms with van der Waals surface area (Å²) in [5, 5.41) is 14.3. The van der Waals surface area contributed by atoms with E-state index in [1.807, 2.05) is 19.1 Å². The van der Waals surface area contributed by atoms with Gasteiger partial charge in [0, 0.05) is 35.6 Å². The van der Waals surface area contributed by atoms with Gasteiger partial charge in [-0.3, -0.25) is 4.79 Å². The number of fused-ring (bicyclic) bond motifs is 2. The van der Waals surface area contributed by atoms with Gasteiger partial charge in [0.1, 0.15) is 6.10 Å². The first-order valence-electron chi connectivity index (χ1n) is 14.1. The van der Waals surface area contributed by atoms with E-state index in [0.29, 0.717) is 24.2 Å². The Labute approximate surface area is 235 Å². The maximum Gasteiger partial charge on any atom is 0.338 e. The Kier molecular flexibility index (Phi) is 7.89. The Morgan fingerprint density at radius 2 is 1.70 bits per heavy atom. The van der Waals surface area contributed by atoms with E-state index < -0.39 is 35.7 Å². The molecule has 2 aliphatic carbocycles. The van der Waals surface area contributed by atoms with E-state index in [-0.39, 0.29) is 17.3 Å². The van der Waals surface area contributed by atoms with Crippen LogP contribution in [0.3, 0.4) is 0 Å². The van der Waals surface area contributed by atoms with Crippen LogP contribution in [-0.2, 0) is 20.7 Å². The van der Waals surface area contributed by atoms with Gasteiger partial charge in [0.2, 0.25) is 0 Å². The zero-order valence-electron chi connectivity index (χ0n) is 23.6. The lowest BCUT2D eigenvalue weighted by Gasteiger charge is -2.38. The Morgan fingerprint density at radius 3 is 2.38 bits per heavy atom. The number of carbonyl (C=O) groups is 2. The summed E-state index contributed by atoms with van der Waals surface area (Å²) in [4.78, 5) is 26.8. The molecule has 2 aliphatic rings. The fourth-order valence-corrected chi connectivity index (χ4v) is 6.85. The quantitative estimate of drug-likeness (QED) is 0.347. The minimum Gasteiger partial charge on any atom is -0.472 e. The van der Waals surface area contributed by atoms with Crippen LogP contribution in [0, 0.1) is 17.3 Å². The molecule has 1 heterocycles. The lowest BCUT2D eigenvalue weighted by atomic mass is 9.78. The number of hydrogen-bond donors (Lipinski definition) is 2. The lowest BCUT2D eigenvalue weighted by molar-refractivity contribution is -0.167. The first-order valence-corrected chi connectivity index (χ1v) is 14.1.